The second-order valence-corrected chi connectivity index (χ2v) is 6.58. The summed E-state index contributed by atoms with van der Waals surface area (Å²) in [6, 6.07) is -1.56. The third-order valence-electron chi connectivity index (χ3n) is 2.64. The van der Waals surface area contributed by atoms with Crippen LogP contribution in [0.5, 0.6) is 0 Å². The fourth-order valence-corrected chi connectivity index (χ4v) is 1.67. The topological polar surface area (TPSA) is 93.7 Å². The first kappa shape index (κ1) is 20.2. The van der Waals surface area contributed by atoms with Gasteiger partial charge in [-0.3, -0.25) is 4.79 Å². The number of amides is 2. The molecule has 0 radical (unpaired) electrons. The third kappa shape index (κ3) is 8.49. The van der Waals surface area contributed by atoms with E-state index in [0.29, 0.717) is 6.42 Å². The molecule has 0 saturated carbocycles. The number of carbonyl (C=O) groups is 3. The Balaban J connectivity index is 4.59. The first-order valence-corrected chi connectivity index (χ1v) is 7.34. The van der Waals surface area contributed by atoms with Crippen LogP contribution in [0.1, 0.15) is 48.0 Å². The number of esters is 1. The monoisotopic (exact) mass is 316 g/mol. The van der Waals surface area contributed by atoms with Gasteiger partial charge in [0.1, 0.15) is 17.7 Å². The first-order valence-electron chi connectivity index (χ1n) is 7.34. The van der Waals surface area contributed by atoms with E-state index in [9.17, 15) is 14.4 Å². The van der Waals surface area contributed by atoms with Gasteiger partial charge in [0.25, 0.3) is 0 Å². The molecule has 0 unspecified atom stereocenters. The minimum atomic E-state index is -0.825. The molecule has 7 heteroatoms. The van der Waals surface area contributed by atoms with Crippen molar-refractivity contribution in [3.63, 3.8) is 0 Å². The lowest BCUT2D eigenvalue weighted by Gasteiger charge is -2.23. The quantitative estimate of drug-likeness (QED) is 0.726. The number of alkyl carbamates (subject to hydrolysis) is 1. The summed E-state index contributed by atoms with van der Waals surface area (Å²) in [5.74, 6) is -0.771. The molecule has 0 spiro atoms. The van der Waals surface area contributed by atoms with Gasteiger partial charge in [-0.2, -0.15) is 0 Å². The van der Waals surface area contributed by atoms with Crippen LogP contribution in [0, 0.1) is 5.92 Å². The van der Waals surface area contributed by atoms with E-state index in [4.69, 9.17) is 4.74 Å². The predicted octanol–water partition coefficient (Wildman–Crippen LogP) is 1.60. The number of hydrogen-bond acceptors (Lipinski definition) is 5. The van der Waals surface area contributed by atoms with Crippen LogP contribution in [0.4, 0.5) is 4.79 Å². The lowest BCUT2D eigenvalue weighted by atomic mass is 10.0. The molecule has 0 aliphatic heterocycles. The molecule has 0 fully saturated rings. The van der Waals surface area contributed by atoms with Gasteiger partial charge in [0.05, 0.1) is 7.11 Å². The van der Waals surface area contributed by atoms with E-state index in [0.717, 1.165) is 0 Å². The van der Waals surface area contributed by atoms with Crippen molar-refractivity contribution < 1.29 is 23.9 Å². The molecule has 2 N–H and O–H groups in total. The van der Waals surface area contributed by atoms with Crippen LogP contribution in [0.15, 0.2) is 0 Å². The second kappa shape index (κ2) is 8.60. The maximum atomic E-state index is 12.1. The summed E-state index contributed by atoms with van der Waals surface area (Å²) in [6.45, 7) is 10.6. The van der Waals surface area contributed by atoms with E-state index in [1.54, 1.807) is 20.8 Å². The highest BCUT2D eigenvalue weighted by Gasteiger charge is 2.26. The number of ether oxygens (including phenoxy) is 2. The Morgan fingerprint density at radius 2 is 1.59 bits per heavy atom. The summed E-state index contributed by atoms with van der Waals surface area (Å²) < 4.78 is 9.75. The molecule has 7 nitrogen and oxygen atoms in total. The van der Waals surface area contributed by atoms with Gasteiger partial charge in [-0.1, -0.05) is 13.8 Å². The van der Waals surface area contributed by atoms with Crippen LogP contribution >= 0.6 is 0 Å². The summed E-state index contributed by atoms with van der Waals surface area (Å²) in [7, 11) is 1.27. The highest BCUT2D eigenvalue weighted by atomic mass is 16.6. The normalized spacial score (nSPS) is 14.0. The van der Waals surface area contributed by atoms with Crippen LogP contribution in [0.25, 0.3) is 0 Å². The fourth-order valence-electron chi connectivity index (χ4n) is 1.67. The molecule has 0 aliphatic rings. The summed E-state index contributed by atoms with van der Waals surface area (Å²) in [5.41, 5.74) is -0.646. The van der Waals surface area contributed by atoms with Crippen molar-refractivity contribution in [2.24, 2.45) is 5.92 Å². The Labute approximate surface area is 132 Å². The lowest BCUT2D eigenvalue weighted by molar-refractivity contribution is -0.145. The van der Waals surface area contributed by atoms with Gasteiger partial charge >= 0.3 is 12.1 Å². The zero-order valence-electron chi connectivity index (χ0n) is 14.5. The Bertz CT molecular complexity index is 401. The number of methoxy groups -OCH3 is 1. The van der Waals surface area contributed by atoms with Gasteiger partial charge in [-0.25, -0.2) is 9.59 Å². The van der Waals surface area contributed by atoms with E-state index in [2.05, 4.69) is 15.4 Å². The molecule has 22 heavy (non-hydrogen) atoms. The van der Waals surface area contributed by atoms with Crippen molar-refractivity contribution in [1.82, 2.24) is 10.6 Å². The van der Waals surface area contributed by atoms with Crippen molar-refractivity contribution in [3.05, 3.63) is 0 Å². The van der Waals surface area contributed by atoms with Crippen molar-refractivity contribution in [3.8, 4) is 0 Å². The highest BCUT2D eigenvalue weighted by Crippen LogP contribution is 2.08. The summed E-state index contributed by atoms with van der Waals surface area (Å²) >= 11 is 0. The molecule has 0 aromatic rings. The third-order valence-corrected chi connectivity index (χ3v) is 2.64. The molecule has 0 rings (SSSR count). The number of carbonyl (C=O) groups excluding carboxylic acids is 3. The largest absolute Gasteiger partial charge is 0.467 e. The molecule has 0 aromatic carbocycles. The molecular formula is C15H28N2O5. The Kier molecular flexibility index (Phi) is 7.90. The minimum absolute atomic E-state index is 0.207. The van der Waals surface area contributed by atoms with E-state index in [-0.39, 0.29) is 5.92 Å². The van der Waals surface area contributed by atoms with Gasteiger partial charge in [-0.15, -0.1) is 0 Å². The Morgan fingerprint density at radius 1 is 1.05 bits per heavy atom. The second-order valence-electron chi connectivity index (χ2n) is 6.58. The standard InChI is InChI=1S/C15H28N2O5/c1-9(2)8-11(13(19)21-7)17-12(18)10(3)16-14(20)22-15(4,5)6/h9-11H,8H2,1-7H3,(H,16,20)(H,17,18)/t10-,11+/m1/s1. The highest BCUT2D eigenvalue weighted by molar-refractivity contribution is 5.89. The molecule has 2 atom stereocenters. The van der Waals surface area contributed by atoms with Gasteiger partial charge in [0, 0.05) is 0 Å². The van der Waals surface area contributed by atoms with Crippen LogP contribution in [0.3, 0.4) is 0 Å². The number of hydrogen-bond donors (Lipinski definition) is 2. The van der Waals surface area contributed by atoms with Gasteiger partial charge in [0.2, 0.25) is 5.91 Å². The van der Waals surface area contributed by atoms with E-state index in [1.807, 2.05) is 13.8 Å². The summed E-state index contributed by atoms with van der Waals surface area (Å²) in [5, 5.41) is 5.01. The molecule has 0 bridgehead atoms. The maximum absolute atomic E-state index is 12.1. The van der Waals surface area contributed by atoms with Gasteiger partial charge in [0.15, 0.2) is 0 Å². The smallest absolute Gasteiger partial charge is 0.408 e. The van der Waals surface area contributed by atoms with Gasteiger partial charge in [-0.05, 0) is 40.0 Å². The van der Waals surface area contributed by atoms with Crippen LogP contribution < -0.4 is 10.6 Å². The average molecular weight is 316 g/mol. The molecule has 0 aromatic heterocycles. The molecule has 0 heterocycles. The summed E-state index contributed by atoms with van der Waals surface area (Å²) in [6.07, 6.45) is -0.231. The van der Waals surface area contributed by atoms with E-state index < -0.39 is 35.7 Å². The first-order chi connectivity index (χ1) is 9.96. The van der Waals surface area contributed by atoms with Crippen molar-refractivity contribution in [1.29, 1.82) is 0 Å². The SMILES string of the molecule is COC(=O)[C@H](CC(C)C)NC(=O)[C@@H](C)NC(=O)OC(C)(C)C. The van der Waals surface area contributed by atoms with E-state index in [1.165, 1.54) is 14.0 Å². The zero-order valence-corrected chi connectivity index (χ0v) is 14.5. The van der Waals surface area contributed by atoms with Crippen LogP contribution in [0.2, 0.25) is 0 Å². The van der Waals surface area contributed by atoms with Crippen molar-refractivity contribution in [2.75, 3.05) is 7.11 Å². The van der Waals surface area contributed by atoms with Crippen LogP contribution in [-0.4, -0.2) is 42.8 Å². The van der Waals surface area contributed by atoms with Gasteiger partial charge < -0.3 is 20.1 Å². The molecular weight excluding hydrogens is 288 g/mol. The molecule has 128 valence electrons. The molecule has 0 aliphatic carbocycles. The van der Waals surface area contributed by atoms with Crippen molar-refractivity contribution >= 4 is 18.0 Å². The number of nitrogens with one attached hydrogen (secondary N) is 2. The molecule has 0 saturated heterocycles. The Morgan fingerprint density at radius 3 is 2.00 bits per heavy atom. The maximum Gasteiger partial charge on any atom is 0.408 e. The number of rotatable bonds is 6. The van der Waals surface area contributed by atoms with Crippen molar-refractivity contribution in [2.45, 2.75) is 65.6 Å². The minimum Gasteiger partial charge on any atom is -0.467 e. The van der Waals surface area contributed by atoms with E-state index >= 15 is 0 Å². The zero-order chi connectivity index (χ0) is 17.5. The fraction of sp³-hybridized carbons (Fsp3) is 0.800. The van der Waals surface area contributed by atoms with Crippen LogP contribution in [-0.2, 0) is 19.1 Å². The molecule has 2 amide bonds. The average Bonchev–Trinajstić information content (AvgIpc) is 2.33. The lowest BCUT2D eigenvalue weighted by Crippen LogP contribution is -2.51. The predicted molar refractivity (Wildman–Crippen MR) is 82.2 cm³/mol. The Hall–Kier alpha value is -1.79. The summed E-state index contributed by atoms with van der Waals surface area (Å²) in [4.78, 5) is 35.4.